The molecule has 2 rings (SSSR count). The van der Waals surface area contributed by atoms with Gasteiger partial charge in [0, 0.05) is 17.3 Å². The molecule has 0 atom stereocenters. The second kappa shape index (κ2) is 6.85. The van der Waals surface area contributed by atoms with Crippen molar-refractivity contribution < 1.29 is 22.9 Å². The van der Waals surface area contributed by atoms with Crippen LogP contribution in [0, 0.1) is 10.1 Å². The van der Waals surface area contributed by atoms with Gasteiger partial charge in [0.25, 0.3) is 15.7 Å². The number of halogens is 1. The predicted octanol–water partition coefficient (Wildman–Crippen LogP) is 2.63. The van der Waals surface area contributed by atoms with E-state index in [4.69, 9.17) is 16.3 Å². The molecular weight excluding hydrogens is 360 g/mol. The zero-order chi connectivity index (χ0) is 17.9. The summed E-state index contributed by atoms with van der Waals surface area (Å²) in [5.74, 6) is -0.909. The molecule has 0 amide bonds. The van der Waals surface area contributed by atoms with Gasteiger partial charge < -0.3 is 4.74 Å². The number of nitro benzene ring substituents is 1. The molecule has 8 nitrogen and oxygen atoms in total. The molecule has 1 aromatic heterocycles. The molecule has 0 bridgehead atoms. The van der Waals surface area contributed by atoms with Gasteiger partial charge in [-0.1, -0.05) is 24.3 Å². The van der Waals surface area contributed by atoms with E-state index in [2.05, 4.69) is 6.58 Å². The molecule has 24 heavy (non-hydrogen) atoms. The molecule has 0 saturated heterocycles. The number of aromatic nitrogens is 1. The number of ether oxygens (including phenoxy) is 1. The Bertz CT molecular complexity index is 919. The molecule has 0 N–H and O–H groups in total. The molecule has 0 saturated carbocycles. The minimum absolute atomic E-state index is 0.00196. The molecular formula is C14H11ClN2O6S. The summed E-state index contributed by atoms with van der Waals surface area (Å²) in [4.78, 5) is 21.6. The summed E-state index contributed by atoms with van der Waals surface area (Å²) >= 11 is 5.76. The number of benzene rings is 1. The van der Waals surface area contributed by atoms with Gasteiger partial charge in [-0.25, -0.2) is 17.2 Å². The molecule has 0 unspecified atom stereocenters. The van der Waals surface area contributed by atoms with E-state index < -0.39 is 31.5 Å². The number of esters is 1. The van der Waals surface area contributed by atoms with E-state index in [0.717, 1.165) is 18.3 Å². The Morgan fingerprint density at radius 3 is 2.75 bits per heavy atom. The Hall–Kier alpha value is -2.65. The number of carbonyl (C=O) groups is 1. The van der Waals surface area contributed by atoms with Crippen molar-refractivity contribution in [3.05, 3.63) is 70.0 Å². The lowest BCUT2D eigenvalue weighted by Crippen LogP contribution is -2.20. The minimum Gasteiger partial charge on any atom is -0.457 e. The molecule has 10 heteroatoms. The summed E-state index contributed by atoms with van der Waals surface area (Å²) in [6, 6.07) is 5.66. The third-order valence-corrected chi connectivity index (χ3v) is 4.86. The van der Waals surface area contributed by atoms with Gasteiger partial charge in [0.15, 0.2) is 4.90 Å². The van der Waals surface area contributed by atoms with Gasteiger partial charge in [-0.15, -0.1) is 0 Å². The van der Waals surface area contributed by atoms with Crippen LogP contribution in [0.5, 0.6) is 0 Å². The van der Waals surface area contributed by atoms with E-state index >= 15 is 0 Å². The SMILES string of the molecule is C=CCOC(=O)c1cccn1S(=O)(=O)c1cc(Cl)ccc1[N+](=O)[O-]. The van der Waals surface area contributed by atoms with Crippen molar-refractivity contribution in [1.29, 1.82) is 0 Å². The van der Waals surface area contributed by atoms with Gasteiger partial charge in [0.05, 0.1) is 4.92 Å². The smallest absolute Gasteiger partial charge is 0.356 e. The number of hydrogen-bond donors (Lipinski definition) is 0. The maximum atomic E-state index is 12.7. The molecule has 0 aliphatic heterocycles. The zero-order valence-corrected chi connectivity index (χ0v) is 13.7. The Balaban J connectivity index is 2.60. The summed E-state index contributed by atoms with van der Waals surface area (Å²) in [6.07, 6.45) is 2.41. The van der Waals surface area contributed by atoms with Gasteiger partial charge in [-0.2, -0.15) is 0 Å². The third-order valence-electron chi connectivity index (χ3n) is 2.91. The van der Waals surface area contributed by atoms with E-state index in [1.54, 1.807) is 0 Å². The molecule has 0 aliphatic carbocycles. The highest BCUT2D eigenvalue weighted by atomic mass is 35.5. The highest BCUT2D eigenvalue weighted by Gasteiger charge is 2.30. The maximum absolute atomic E-state index is 12.7. The van der Waals surface area contributed by atoms with Gasteiger partial charge in [-0.05, 0) is 24.3 Å². The number of nitro groups is 1. The number of nitrogens with zero attached hydrogens (tertiary/aromatic N) is 2. The molecule has 1 aromatic carbocycles. The predicted molar refractivity (Wildman–Crippen MR) is 85.6 cm³/mol. The van der Waals surface area contributed by atoms with Crippen LogP contribution in [0.1, 0.15) is 10.5 Å². The molecule has 1 heterocycles. The Labute approximate surface area is 142 Å². The Kier molecular flexibility index (Phi) is 5.05. The quantitative estimate of drug-likeness (QED) is 0.334. The minimum atomic E-state index is -4.43. The first-order valence-electron chi connectivity index (χ1n) is 6.44. The van der Waals surface area contributed by atoms with Gasteiger partial charge in [-0.3, -0.25) is 10.1 Å². The van der Waals surface area contributed by atoms with Crippen molar-refractivity contribution in [3.63, 3.8) is 0 Å². The second-order valence-corrected chi connectivity index (χ2v) is 6.67. The summed E-state index contributed by atoms with van der Waals surface area (Å²) in [7, 11) is -4.43. The van der Waals surface area contributed by atoms with E-state index in [9.17, 15) is 23.3 Å². The fourth-order valence-electron chi connectivity index (χ4n) is 1.89. The maximum Gasteiger partial charge on any atom is 0.356 e. The third kappa shape index (κ3) is 3.31. The van der Waals surface area contributed by atoms with Crippen LogP contribution in [0.25, 0.3) is 0 Å². The van der Waals surface area contributed by atoms with Crippen LogP contribution in [0.3, 0.4) is 0 Å². The molecule has 0 spiro atoms. The van der Waals surface area contributed by atoms with Crippen LogP contribution in [0.15, 0.2) is 54.1 Å². The lowest BCUT2D eigenvalue weighted by atomic mass is 10.3. The summed E-state index contributed by atoms with van der Waals surface area (Å²) in [5, 5.41) is 11.1. The highest BCUT2D eigenvalue weighted by Crippen LogP contribution is 2.29. The average molecular weight is 371 g/mol. The van der Waals surface area contributed by atoms with Crippen molar-refractivity contribution >= 4 is 33.3 Å². The Morgan fingerprint density at radius 2 is 2.12 bits per heavy atom. The van der Waals surface area contributed by atoms with Crippen molar-refractivity contribution in [2.75, 3.05) is 6.61 Å². The normalized spacial score (nSPS) is 11.0. The van der Waals surface area contributed by atoms with Crippen LogP contribution in [0.2, 0.25) is 5.02 Å². The zero-order valence-electron chi connectivity index (χ0n) is 12.1. The van der Waals surface area contributed by atoms with Crippen LogP contribution < -0.4 is 0 Å². The largest absolute Gasteiger partial charge is 0.457 e. The highest BCUT2D eigenvalue weighted by molar-refractivity contribution is 7.90. The van der Waals surface area contributed by atoms with Crippen molar-refractivity contribution in [2.45, 2.75) is 4.90 Å². The lowest BCUT2D eigenvalue weighted by molar-refractivity contribution is -0.387. The fourth-order valence-corrected chi connectivity index (χ4v) is 3.65. The molecule has 0 radical (unpaired) electrons. The lowest BCUT2D eigenvalue weighted by Gasteiger charge is -2.10. The first-order chi connectivity index (χ1) is 11.3. The average Bonchev–Trinajstić information content (AvgIpc) is 3.02. The summed E-state index contributed by atoms with van der Waals surface area (Å²) in [6.45, 7) is 3.27. The number of rotatable bonds is 6. The van der Waals surface area contributed by atoms with Crippen molar-refractivity contribution in [1.82, 2.24) is 3.97 Å². The number of hydrogen-bond acceptors (Lipinski definition) is 6. The fraction of sp³-hybridized carbons (Fsp3) is 0.0714. The second-order valence-electron chi connectivity index (χ2n) is 4.45. The van der Waals surface area contributed by atoms with Gasteiger partial charge >= 0.3 is 5.97 Å². The summed E-state index contributed by atoms with van der Waals surface area (Å²) in [5.41, 5.74) is -0.954. The van der Waals surface area contributed by atoms with Crippen molar-refractivity contribution in [2.24, 2.45) is 0 Å². The van der Waals surface area contributed by atoms with Crippen LogP contribution >= 0.6 is 11.6 Å². The summed E-state index contributed by atoms with van der Waals surface area (Å²) < 4.78 is 30.9. The van der Waals surface area contributed by atoms with Crippen LogP contribution in [0.4, 0.5) is 5.69 Å². The standard InChI is InChI=1S/C14H11ClN2O6S/c1-2-8-23-14(18)12-4-3-7-16(12)24(21,22)13-9-10(15)5-6-11(13)17(19)20/h2-7,9H,1,8H2. The molecule has 126 valence electrons. The van der Waals surface area contributed by atoms with E-state index in [0.29, 0.717) is 3.97 Å². The van der Waals surface area contributed by atoms with E-state index in [1.807, 2.05) is 0 Å². The van der Waals surface area contributed by atoms with Gasteiger partial charge in [0.2, 0.25) is 0 Å². The monoisotopic (exact) mass is 370 g/mol. The molecule has 0 aliphatic rings. The number of carbonyl (C=O) groups excluding carboxylic acids is 1. The van der Waals surface area contributed by atoms with E-state index in [-0.39, 0.29) is 17.3 Å². The first-order valence-corrected chi connectivity index (χ1v) is 8.25. The van der Waals surface area contributed by atoms with E-state index in [1.165, 1.54) is 24.3 Å². The molecule has 0 fully saturated rings. The Morgan fingerprint density at radius 1 is 1.42 bits per heavy atom. The topological polar surface area (TPSA) is 109 Å². The van der Waals surface area contributed by atoms with Crippen LogP contribution in [-0.4, -0.2) is 29.9 Å². The van der Waals surface area contributed by atoms with Crippen molar-refractivity contribution in [3.8, 4) is 0 Å². The van der Waals surface area contributed by atoms with Crippen LogP contribution in [-0.2, 0) is 14.8 Å². The first kappa shape index (κ1) is 17.7. The van der Waals surface area contributed by atoms with Gasteiger partial charge in [0.1, 0.15) is 12.3 Å². The molecule has 2 aromatic rings.